The summed E-state index contributed by atoms with van der Waals surface area (Å²) < 4.78 is 20.5. The second kappa shape index (κ2) is 10.9. The second-order valence-corrected chi connectivity index (χ2v) is 11.4. The van der Waals surface area contributed by atoms with E-state index in [1.807, 2.05) is 24.3 Å². The highest BCUT2D eigenvalue weighted by Gasteiger charge is 2.51. The zero-order chi connectivity index (χ0) is 26.0. The van der Waals surface area contributed by atoms with Crippen LogP contribution in [0.4, 0.5) is 4.39 Å². The molecule has 1 fully saturated rings. The highest BCUT2D eigenvalue weighted by atomic mass is 19.1. The highest BCUT2D eigenvalue weighted by molar-refractivity contribution is 5.76. The number of H-pyrrole nitrogens is 1. The molecule has 0 amide bonds. The molecule has 4 atom stereocenters. The van der Waals surface area contributed by atoms with Gasteiger partial charge in [0, 0.05) is 18.8 Å². The number of para-hydroxylation sites is 2. The van der Waals surface area contributed by atoms with E-state index in [9.17, 15) is 9.18 Å². The molecule has 0 radical (unpaired) electrons. The maximum Gasteiger partial charge on any atom is 0.309 e. The number of hydrogen-bond donors (Lipinski definition) is 2. The summed E-state index contributed by atoms with van der Waals surface area (Å²) in [5.41, 5.74) is 3.72. The lowest BCUT2D eigenvalue weighted by atomic mass is 9.65. The number of carbonyl (C=O) groups is 1. The van der Waals surface area contributed by atoms with Crippen molar-refractivity contribution in [3.05, 3.63) is 65.2 Å². The monoisotopic (exact) mass is 505 g/mol. The molecule has 6 heteroatoms. The molecule has 0 saturated heterocycles. The Morgan fingerprint density at radius 2 is 2.08 bits per heavy atom. The molecule has 2 aromatic carbocycles. The van der Waals surface area contributed by atoms with Crippen molar-refractivity contribution in [2.24, 2.45) is 17.8 Å². The summed E-state index contributed by atoms with van der Waals surface area (Å²) in [6.07, 6.45) is 6.05. The van der Waals surface area contributed by atoms with Gasteiger partial charge in [-0.1, -0.05) is 45.4 Å². The van der Waals surface area contributed by atoms with E-state index >= 15 is 0 Å². The van der Waals surface area contributed by atoms with Gasteiger partial charge >= 0.3 is 5.97 Å². The molecule has 2 aliphatic carbocycles. The van der Waals surface area contributed by atoms with Crippen molar-refractivity contribution in [1.82, 2.24) is 15.3 Å². The van der Waals surface area contributed by atoms with Gasteiger partial charge in [0.05, 0.1) is 17.0 Å². The zero-order valence-electron chi connectivity index (χ0n) is 22.4. The number of rotatable bonds is 11. The Kier molecular flexibility index (Phi) is 7.66. The minimum absolute atomic E-state index is 0.0343. The van der Waals surface area contributed by atoms with Gasteiger partial charge in [-0.3, -0.25) is 4.79 Å². The number of ether oxygens (including phenoxy) is 1. The zero-order valence-corrected chi connectivity index (χ0v) is 22.4. The Hall–Kier alpha value is -2.73. The molecular formula is C31H40FN3O2. The van der Waals surface area contributed by atoms with Crippen molar-refractivity contribution >= 4 is 17.0 Å². The molecule has 0 bridgehead atoms. The third kappa shape index (κ3) is 5.59. The molecular weight excluding hydrogens is 465 g/mol. The molecule has 2 aliphatic rings. The normalized spacial score (nSPS) is 24.8. The standard InChI is InChI=1S/C31H40FN3O2/c1-4-21-19-25(21)30(36)37-31(14-13-22-18-23(32)11-12-24(22)29(31)20(2)3)15-17-33-16-7-10-28-34-26-8-5-6-9-27(26)35-28/h5-6,8-9,11-12,18,20-21,25,29,33H,4,7,10,13-17,19H2,1-3H3,(H,34,35)/t21?,25?,29-,31+/m0/s1. The van der Waals surface area contributed by atoms with Crippen molar-refractivity contribution in [2.45, 2.75) is 77.2 Å². The Balaban J connectivity index is 1.25. The number of esters is 1. The van der Waals surface area contributed by atoms with Crippen LogP contribution in [0.15, 0.2) is 42.5 Å². The number of carbonyl (C=O) groups excluding carboxylic acids is 1. The fraction of sp³-hybridized carbons (Fsp3) is 0.548. The van der Waals surface area contributed by atoms with Crippen LogP contribution in [0.1, 0.15) is 75.7 Å². The fourth-order valence-electron chi connectivity index (χ4n) is 6.49. The third-order valence-corrected chi connectivity index (χ3v) is 8.48. The third-order valence-electron chi connectivity index (χ3n) is 8.48. The Bertz CT molecular complexity index is 1210. The minimum Gasteiger partial charge on any atom is -0.458 e. The molecule has 5 rings (SSSR count). The fourth-order valence-corrected chi connectivity index (χ4v) is 6.49. The van der Waals surface area contributed by atoms with Gasteiger partial charge in [-0.25, -0.2) is 9.37 Å². The van der Waals surface area contributed by atoms with Gasteiger partial charge in [0.15, 0.2) is 0 Å². The van der Waals surface area contributed by atoms with Crippen LogP contribution in [0.5, 0.6) is 0 Å². The van der Waals surface area contributed by atoms with E-state index in [0.717, 1.165) is 86.0 Å². The summed E-state index contributed by atoms with van der Waals surface area (Å²) >= 11 is 0. The van der Waals surface area contributed by atoms with Gasteiger partial charge in [0.2, 0.25) is 0 Å². The van der Waals surface area contributed by atoms with E-state index in [1.165, 1.54) is 0 Å². The van der Waals surface area contributed by atoms with Gasteiger partial charge in [0.1, 0.15) is 17.2 Å². The molecule has 2 N–H and O–H groups in total. The summed E-state index contributed by atoms with van der Waals surface area (Å²) in [5.74, 6) is 1.61. The molecule has 1 aromatic heterocycles. The van der Waals surface area contributed by atoms with E-state index in [2.05, 4.69) is 42.1 Å². The molecule has 198 valence electrons. The average molecular weight is 506 g/mol. The first-order valence-corrected chi connectivity index (χ1v) is 14.1. The van der Waals surface area contributed by atoms with Gasteiger partial charge in [0.25, 0.3) is 0 Å². The first-order chi connectivity index (χ1) is 17.9. The van der Waals surface area contributed by atoms with Crippen LogP contribution in [0.25, 0.3) is 11.0 Å². The van der Waals surface area contributed by atoms with Gasteiger partial charge in [-0.2, -0.15) is 0 Å². The van der Waals surface area contributed by atoms with Crippen molar-refractivity contribution < 1.29 is 13.9 Å². The van der Waals surface area contributed by atoms with E-state index in [1.54, 1.807) is 12.1 Å². The van der Waals surface area contributed by atoms with Gasteiger partial charge in [-0.05, 0) is 86.0 Å². The van der Waals surface area contributed by atoms with E-state index < -0.39 is 5.60 Å². The van der Waals surface area contributed by atoms with Gasteiger partial charge < -0.3 is 15.0 Å². The van der Waals surface area contributed by atoms with Crippen LogP contribution in [0.2, 0.25) is 0 Å². The summed E-state index contributed by atoms with van der Waals surface area (Å²) in [6.45, 7) is 8.17. The highest BCUT2D eigenvalue weighted by Crippen LogP contribution is 2.50. The molecule has 5 nitrogen and oxygen atoms in total. The number of benzene rings is 2. The van der Waals surface area contributed by atoms with Gasteiger partial charge in [-0.15, -0.1) is 0 Å². The second-order valence-electron chi connectivity index (χ2n) is 11.4. The molecule has 2 unspecified atom stereocenters. The molecule has 3 aromatic rings. The molecule has 0 aliphatic heterocycles. The number of hydrogen-bond acceptors (Lipinski definition) is 4. The number of aromatic nitrogens is 2. The van der Waals surface area contributed by atoms with Crippen LogP contribution in [-0.4, -0.2) is 34.6 Å². The molecule has 37 heavy (non-hydrogen) atoms. The van der Waals surface area contributed by atoms with Crippen molar-refractivity contribution in [2.75, 3.05) is 13.1 Å². The number of nitrogens with one attached hydrogen (secondary N) is 2. The number of halogens is 1. The van der Waals surface area contributed by atoms with Crippen molar-refractivity contribution in [1.29, 1.82) is 0 Å². The molecule has 1 heterocycles. The van der Waals surface area contributed by atoms with E-state index in [4.69, 9.17) is 4.74 Å². The summed E-state index contributed by atoms with van der Waals surface area (Å²) in [7, 11) is 0. The number of aromatic amines is 1. The topological polar surface area (TPSA) is 67.0 Å². The van der Waals surface area contributed by atoms with Crippen LogP contribution in [0, 0.1) is 23.6 Å². The van der Waals surface area contributed by atoms with Crippen LogP contribution in [-0.2, 0) is 22.4 Å². The first kappa shape index (κ1) is 25.9. The number of aryl methyl sites for hydroxylation is 2. The predicted octanol–water partition coefficient (Wildman–Crippen LogP) is 6.33. The minimum atomic E-state index is -0.567. The lowest BCUT2D eigenvalue weighted by Gasteiger charge is -2.46. The Morgan fingerprint density at radius 3 is 2.84 bits per heavy atom. The van der Waals surface area contributed by atoms with E-state index in [-0.39, 0.29) is 29.5 Å². The smallest absolute Gasteiger partial charge is 0.309 e. The lowest BCUT2D eigenvalue weighted by Crippen LogP contribution is -2.48. The number of imidazole rings is 1. The summed E-state index contributed by atoms with van der Waals surface area (Å²) in [6, 6.07) is 13.2. The van der Waals surface area contributed by atoms with Crippen molar-refractivity contribution in [3.8, 4) is 0 Å². The summed E-state index contributed by atoms with van der Waals surface area (Å²) in [4.78, 5) is 21.3. The van der Waals surface area contributed by atoms with Crippen LogP contribution in [0.3, 0.4) is 0 Å². The largest absolute Gasteiger partial charge is 0.458 e. The first-order valence-electron chi connectivity index (χ1n) is 14.1. The maximum atomic E-state index is 14.0. The van der Waals surface area contributed by atoms with Crippen LogP contribution < -0.4 is 5.32 Å². The quantitative estimate of drug-likeness (QED) is 0.236. The molecule has 0 spiro atoms. The molecule has 1 saturated carbocycles. The number of nitrogens with zero attached hydrogens (tertiary/aromatic N) is 1. The number of fused-ring (bicyclic) bond motifs is 2. The van der Waals surface area contributed by atoms with Crippen molar-refractivity contribution in [3.63, 3.8) is 0 Å². The Labute approximate surface area is 219 Å². The Morgan fingerprint density at radius 1 is 1.24 bits per heavy atom. The predicted molar refractivity (Wildman–Crippen MR) is 145 cm³/mol. The van der Waals surface area contributed by atoms with E-state index in [0.29, 0.717) is 5.92 Å². The maximum absolute atomic E-state index is 14.0. The van der Waals surface area contributed by atoms with Crippen LogP contribution >= 0.6 is 0 Å². The lowest BCUT2D eigenvalue weighted by molar-refractivity contribution is -0.169. The SMILES string of the molecule is CCC1CC1C(=O)O[C@@]1(CCNCCCc2nc3ccccc3[nH]2)CCc2cc(F)ccc2[C@@H]1C(C)C. The average Bonchev–Trinajstić information content (AvgIpc) is 3.56. The summed E-state index contributed by atoms with van der Waals surface area (Å²) in [5, 5.41) is 3.60.